The van der Waals surface area contributed by atoms with Crippen LogP contribution in [-0.2, 0) is 9.53 Å². The number of thioether (sulfide) groups is 1. The van der Waals surface area contributed by atoms with Crippen molar-refractivity contribution in [3.05, 3.63) is 29.3 Å². The van der Waals surface area contributed by atoms with Gasteiger partial charge >= 0.3 is 11.9 Å². The molecule has 0 aliphatic heterocycles. The molecule has 1 rings (SSSR count). The van der Waals surface area contributed by atoms with Gasteiger partial charge in [0, 0.05) is 11.0 Å². The van der Waals surface area contributed by atoms with Gasteiger partial charge in [-0.15, -0.1) is 11.8 Å². The summed E-state index contributed by atoms with van der Waals surface area (Å²) in [7, 11) is 0. The first-order valence-electron chi connectivity index (χ1n) is 6.33. The lowest BCUT2D eigenvalue weighted by Crippen LogP contribution is -2.25. The normalized spacial score (nSPS) is 12.3. The van der Waals surface area contributed by atoms with Gasteiger partial charge in [0.05, 0.1) is 12.2 Å². The second-order valence-electron chi connectivity index (χ2n) is 4.60. The van der Waals surface area contributed by atoms with Crippen molar-refractivity contribution in [1.29, 1.82) is 0 Å². The Morgan fingerprint density at radius 3 is 2.38 bits per heavy atom. The van der Waals surface area contributed by atoms with Crippen molar-refractivity contribution in [3.8, 4) is 0 Å². The molecule has 0 bridgehead atoms. The second kappa shape index (κ2) is 7.40. The number of hydrogen-bond donors (Lipinski definition) is 1. The van der Waals surface area contributed by atoms with Crippen molar-refractivity contribution in [1.82, 2.24) is 0 Å². The number of esters is 1. The smallest absolute Gasteiger partial charge is 0.338 e. The summed E-state index contributed by atoms with van der Waals surface area (Å²) in [5.74, 6) is -4.23. The van der Waals surface area contributed by atoms with Crippen LogP contribution < -0.4 is 0 Å². The molecule has 0 aliphatic carbocycles. The minimum Gasteiger partial charge on any atom is -0.478 e. The lowest BCUT2D eigenvalue weighted by Gasteiger charge is -2.19. The van der Waals surface area contributed by atoms with Crippen LogP contribution in [0.3, 0.4) is 0 Å². The Morgan fingerprint density at radius 2 is 1.90 bits per heavy atom. The minimum atomic E-state index is -1.49. The summed E-state index contributed by atoms with van der Waals surface area (Å²) in [6, 6.07) is 1.40. The zero-order chi connectivity index (χ0) is 16.2. The number of hydrogen-bond acceptors (Lipinski definition) is 4. The molecule has 1 N–H and O–H groups in total. The van der Waals surface area contributed by atoms with Crippen LogP contribution in [0.25, 0.3) is 0 Å². The van der Waals surface area contributed by atoms with Crippen molar-refractivity contribution in [2.75, 3.05) is 6.61 Å². The lowest BCUT2D eigenvalue weighted by atomic mass is 10.1. The van der Waals surface area contributed by atoms with Gasteiger partial charge in [-0.05, 0) is 18.9 Å². The summed E-state index contributed by atoms with van der Waals surface area (Å²) in [4.78, 5) is 22.6. The van der Waals surface area contributed by atoms with E-state index >= 15 is 0 Å². The van der Waals surface area contributed by atoms with E-state index in [1.54, 1.807) is 20.8 Å². The Labute approximate surface area is 125 Å². The van der Waals surface area contributed by atoms with Gasteiger partial charge < -0.3 is 9.84 Å². The molecule has 1 aromatic carbocycles. The molecule has 1 aromatic rings. The molecule has 0 aromatic heterocycles. The molecule has 0 spiro atoms. The van der Waals surface area contributed by atoms with E-state index < -0.39 is 34.4 Å². The van der Waals surface area contributed by atoms with Gasteiger partial charge in [0.15, 0.2) is 0 Å². The zero-order valence-electron chi connectivity index (χ0n) is 11.9. The molecule has 1 unspecified atom stereocenters. The predicted molar refractivity (Wildman–Crippen MR) is 74.4 cm³/mol. The van der Waals surface area contributed by atoms with Crippen LogP contribution in [0, 0.1) is 17.6 Å². The minimum absolute atomic E-state index is 0.0967. The first-order chi connectivity index (χ1) is 9.77. The zero-order valence-corrected chi connectivity index (χ0v) is 12.7. The fourth-order valence-corrected chi connectivity index (χ4v) is 2.67. The molecular weight excluding hydrogens is 302 g/mol. The maximum absolute atomic E-state index is 13.8. The number of ether oxygens (including phenoxy) is 1. The van der Waals surface area contributed by atoms with Crippen LogP contribution in [0.4, 0.5) is 8.78 Å². The quantitative estimate of drug-likeness (QED) is 0.644. The van der Waals surface area contributed by atoms with Crippen LogP contribution in [0.1, 0.15) is 31.1 Å². The maximum Gasteiger partial charge on any atom is 0.338 e. The maximum atomic E-state index is 13.8. The van der Waals surface area contributed by atoms with Gasteiger partial charge in [-0.1, -0.05) is 13.8 Å². The number of halogens is 2. The Morgan fingerprint density at radius 1 is 1.29 bits per heavy atom. The Kier molecular flexibility index (Phi) is 6.14. The van der Waals surface area contributed by atoms with E-state index in [2.05, 4.69) is 0 Å². The molecular formula is C14H16F2O4S. The number of rotatable bonds is 6. The number of carboxylic acids is 1. The van der Waals surface area contributed by atoms with Crippen LogP contribution in [-0.4, -0.2) is 28.9 Å². The molecule has 7 heteroatoms. The molecule has 0 aliphatic rings. The molecule has 4 nitrogen and oxygen atoms in total. The Balaban J connectivity index is 3.12. The highest BCUT2D eigenvalue weighted by atomic mass is 32.2. The number of carbonyl (C=O) groups is 2. The molecule has 21 heavy (non-hydrogen) atoms. The van der Waals surface area contributed by atoms with Crippen LogP contribution in [0.5, 0.6) is 0 Å². The molecule has 116 valence electrons. The highest BCUT2D eigenvalue weighted by molar-refractivity contribution is 8.00. The summed E-state index contributed by atoms with van der Waals surface area (Å²) < 4.78 is 32.0. The van der Waals surface area contributed by atoms with Crippen molar-refractivity contribution in [3.63, 3.8) is 0 Å². The van der Waals surface area contributed by atoms with E-state index in [1.807, 2.05) is 0 Å². The molecule has 1 atom stereocenters. The number of carboxylic acid groups (broad SMARTS) is 1. The molecule has 0 fully saturated rings. The van der Waals surface area contributed by atoms with Gasteiger partial charge in [-0.2, -0.15) is 0 Å². The van der Waals surface area contributed by atoms with Crippen LogP contribution in [0.2, 0.25) is 0 Å². The van der Waals surface area contributed by atoms with Crippen molar-refractivity contribution in [2.45, 2.75) is 30.9 Å². The summed E-state index contributed by atoms with van der Waals surface area (Å²) in [5.41, 5.74) is -0.634. The highest BCUT2D eigenvalue weighted by Crippen LogP contribution is 2.32. The fourth-order valence-electron chi connectivity index (χ4n) is 1.60. The van der Waals surface area contributed by atoms with Crippen molar-refractivity contribution >= 4 is 23.7 Å². The number of carbonyl (C=O) groups excluding carboxylic acids is 1. The third kappa shape index (κ3) is 4.42. The van der Waals surface area contributed by atoms with Gasteiger partial charge in [-0.25, -0.2) is 13.6 Å². The molecule has 0 saturated carbocycles. The standard InChI is InChI=1S/C14H16F2O4S/c1-4-20-14(19)12(7(2)3)21-11-5-8(13(17)18)9(15)6-10(11)16/h5-7,12H,4H2,1-3H3,(H,17,18). The average Bonchev–Trinajstić information content (AvgIpc) is 2.36. The Hall–Kier alpha value is -1.63. The van der Waals surface area contributed by atoms with E-state index in [-0.39, 0.29) is 17.4 Å². The summed E-state index contributed by atoms with van der Waals surface area (Å²) in [6.45, 7) is 5.36. The monoisotopic (exact) mass is 318 g/mol. The third-order valence-electron chi connectivity index (χ3n) is 2.63. The van der Waals surface area contributed by atoms with Gasteiger partial charge in [0.25, 0.3) is 0 Å². The summed E-state index contributed by atoms with van der Waals surface area (Å²) in [6.07, 6.45) is 0. The number of benzene rings is 1. The summed E-state index contributed by atoms with van der Waals surface area (Å²) >= 11 is 0.832. The molecule has 0 amide bonds. The van der Waals surface area contributed by atoms with Gasteiger partial charge in [0.1, 0.15) is 16.9 Å². The molecule has 0 heterocycles. The SMILES string of the molecule is CCOC(=O)C(Sc1cc(C(=O)O)c(F)cc1F)C(C)C. The third-order valence-corrected chi connectivity index (χ3v) is 4.19. The topological polar surface area (TPSA) is 63.6 Å². The highest BCUT2D eigenvalue weighted by Gasteiger charge is 2.27. The molecule has 0 radical (unpaired) electrons. The van der Waals surface area contributed by atoms with E-state index in [0.29, 0.717) is 6.07 Å². The summed E-state index contributed by atoms with van der Waals surface area (Å²) in [5, 5.41) is 8.15. The largest absolute Gasteiger partial charge is 0.478 e. The van der Waals surface area contributed by atoms with Crippen LogP contribution >= 0.6 is 11.8 Å². The second-order valence-corrected chi connectivity index (χ2v) is 5.79. The first kappa shape index (κ1) is 17.4. The van der Waals surface area contributed by atoms with Gasteiger partial charge in [0.2, 0.25) is 0 Å². The average molecular weight is 318 g/mol. The number of aromatic carboxylic acids is 1. The van der Waals surface area contributed by atoms with Crippen LogP contribution in [0.15, 0.2) is 17.0 Å². The van der Waals surface area contributed by atoms with E-state index in [1.165, 1.54) is 0 Å². The fraction of sp³-hybridized carbons (Fsp3) is 0.429. The predicted octanol–water partition coefficient (Wildman–Crippen LogP) is 3.34. The van der Waals surface area contributed by atoms with E-state index in [0.717, 1.165) is 17.8 Å². The Bertz CT molecular complexity index is 546. The van der Waals surface area contributed by atoms with Gasteiger partial charge in [-0.3, -0.25) is 4.79 Å². The van der Waals surface area contributed by atoms with Crippen molar-refractivity contribution in [2.24, 2.45) is 5.92 Å². The lowest BCUT2D eigenvalue weighted by molar-refractivity contribution is -0.143. The molecule has 0 saturated heterocycles. The van der Waals surface area contributed by atoms with E-state index in [4.69, 9.17) is 9.84 Å². The first-order valence-corrected chi connectivity index (χ1v) is 7.21. The van der Waals surface area contributed by atoms with Crippen molar-refractivity contribution < 1.29 is 28.2 Å². The van der Waals surface area contributed by atoms with E-state index in [9.17, 15) is 18.4 Å².